The Morgan fingerprint density at radius 1 is 0.966 bits per heavy atom. The summed E-state index contributed by atoms with van der Waals surface area (Å²) in [6, 6.07) is 21.1. The molecule has 0 bridgehead atoms. The summed E-state index contributed by atoms with van der Waals surface area (Å²) >= 11 is 0. The van der Waals surface area contributed by atoms with Crippen molar-refractivity contribution in [2.75, 3.05) is 12.4 Å². The molecule has 146 valence electrons. The first-order chi connectivity index (χ1) is 14.2. The summed E-state index contributed by atoms with van der Waals surface area (Å²) in [6.07, 6.45) is 1.68. The lowest BCUT2D eigenvalue weighted by molar-refractivity contribution is 0.0600. The van der Waals surface area contributed by atoms with Crippen LogP contribution in [0.1, 0.15) is 26.4 Å². The van der Waals surface area contributed by atoms with Crippen LogP contribution in [0.2, 0.25) is 0 Å². The van der Waals surface area contributed by atoms with Gasteiger partial charge in [0.05, 0.1) is 24.9 Å². The molecule has 0 unspecified atom stereocenters. The van der Waals surface area contributed by atoms with Crippen molar-refractivity contribution in [3.05, 3.63) is 95.8 Å². The number of pyridine rings is 1. The monoisotopic (exact) mass is 388 g/mol. The smallest absolute Gasteiger partial charge is 0.337 e. The van der Waals surface area contributed by atoms with Gasteiger partial charge >= 0.3 is 5.97 Å². The number of nitrogens with zero attached hydrogens (tertiary/aromatic N) is 2. The molecule has 0 spiro atoms. The zero-order chi connectivity index (χ0) is 20.5. The van der Waals surface area contributed by atoms with E-state index in [4.69, 9.17) is 4.74 Å². The van der Waals surface area contributed by atoms with Gasteiger partial charge in [-0.2, -0.15) is 0 Å². The Bertz CT molecular complexity index is 1000. The van der Waals surface area contributed by atoms with Crippen LogP contribution in [0.3, 0.4) is 0 Å². The molecule has 3 aromatic rings. The fourth-order valence-electron chi connectivity index (χ4n) is 2.51. The lowest BCUT2D eigenvalue weighted by atomic mass is 10.2. The minimum atomic E-state index is -0.450. The third-order valence-corrected chi connectivity index (χ3v) is 3.94. The molecule has 1 heterocycles. The van der Waals surface area contributed by atoms with Crippen molar-refractivity contribution in [2.45, 2.75) is 6.54 Å². The lowest BCUT2D eigenvalue weighted by Crippen LogP contribution is -2.36. The van der Waals surface area contributed by atoms with E-state index in [0.29, 0.717) is 16.8 Å². The van der Waals surface area contributed by atoms with Gasteiger partial charge in [0.15, 0.2) is 0 Å². The Kier molecular flexibility index (Phi) is 6.67. The molecule has 0 atom stereocenters. The van der Waals surface area contributed by atoms with E-state index < -0.39 is 5.97 Å². The second-order valence-corrected chi connectivity index (χ2v) is 6.00. The SMILES string of the molecule is COC(=O)c1cccc(NC(=NCc2ccccn2)NC(=O)c2ccccc2)c1. The van der Waals surface area contributed by atoms with Crippen LogP contribution in [0.5, 0.6) is 0 Å². The average Bonchev–Trinajstić information content (AvgIpc) is 2.78. The molecule has 1 amide bonds. The minimum Gasteiger partial charge on any atom is -0.465 e. The van der Waals surface area contributed by atoms with E-state index in [1.165, 1.54) is 7.11 Å². The van der Waals surface area contributed by atoms with E-state index in [-0.39, 0.29) is 18.4 Å². The molecule has 0 radical (unpaired) electrons. The largest absolute Gasteiger partial charge is 0.465 e. The zero-order valence-electron chi connectivity index (χ0n) is 15.8. The van der Waals surface area contributed by atoms with Crippen molar-refractivity contribution in [1.82, 2.24) is 10.3 Å². The van der Waals surface area contributed by atoms with Gasteiger partial charge in [0, 0.05) is 17.4 Å². The number of anilines is 1. The molecule has 3 rings (SSSR count). The maximum atomic E-state index is 12.6. The number of esters is 1. The number of benzene rings is 2. The number of amides is 1. The van der Waals surface area contributed by atoms with E-state index >= 15 is 0 Å². The molecule has 29 heavy (non-hydrogen) atoms. The molecule has 2 aromatic carbocycles. The summed E-state index contributed by atoms with van der Waals surface area (Å²) in [5, 5.41) is 5.82. The van der Waals surface area contributed by atoms with Crippen molar-refractivity contribution >= 4 is 23.5 Å². The summed E-state index contributed by atoms with van der Waals surface area (Å²) < 4.78 is 4.75. The van der Waals surface area contributed by atoms with Gasteiger partial charge in [-0.05, 0) is 42.5 Å². The number of hydrogen-bond acceptors (Lipinski definition) is 5. The number of methoxy groups -OCH3 is 1. The Morgan fingerprint density at radius 2 is 1.72 bits per heavy atom. The van der Waals surface area contributed by atoms with E-state index in [9.17, 15) is 9.59 Å². The Balaban J connectivity index is 1.82. The maximum Gasteiger partial charge on any atom is 0.337 e. The normalized spacial score (nSPS) is 10.9. The van der Waals surface area contributed by atoms with E-state index in [2.05, 4.69) is 20.6 Å². The molecule has 0 aliphatic rings. The molecular weight excluding hydrogens is 368 g/mol. The van der Waals surface area contributed by atoms with Crippen molar-refractivity contribution < 1.29 is 14.3 Å². The average molecular weight is 388 g/mol. The predicted molar refractivity (Wildman–Crippen MR) is 111 cm³/mol. The predicted octanol–water partition coefficient (Wildman–Crippen LogP) is 3.27. The number of guanidine groups is 1. The molecule has 7 nitrogen and oxygen atoms in total. The number of hydrogen-bond donors (Lipinski definition) is 2. The van der Waals surface area contributed by atoms with E-state index in [1.54, 1.807) is 54.7 Å². The van der Waals surface area contributed by atoms with Crippen molar-refractivity contribution in [2.24, 2.45) is 4.99 Å². The summed E-state index contributed by atoms with van der Waals surface area (Å²) in [4.78, 5) is 33.0. The van der Waals surface area contributed by atoms with Gasteiger partial charge < -0.3 is 10.1 Å². The van der Waals surface area contributed by atoms with Gasteiger partial charge in [-0.3, -0.25) is 15.1 Å². The summed E-state index contributed by atoms with van der Waals surface area (Å²) in [7, 11) is 1.32. The highest BCUT2D eigenvalue weighted by molar-refractivity contribution is 6.10. The molecule has 0 aliphatic carbocycles. The highest BCUT2D eigenvalue weighted by Crippen LogP contribution is 2.12. The molecule has 0 fully saturated rings. The van der Waals surface area contributed by atoms with Gasteiger partial charge in [0.2, 0.25) is 5.96 Å². The van der Waals surface area contributed by atoms with Crippen molar-refractivity contribution in [3.63, 3.8) is 0 Å². The number of ether oxygens (including phenoxy) is 1. The maximum absolute atomic E-state index is 12.6. The molecular formula is C22H20N4O3. The molecule has 0 saturated carbocycles. The number of rotatable bonds is 5. The lowest BCUT2D eigenvalue weighted by Gasteiger charge is -2.12. The Morgan fingerprint density at radius 3 is 2.45 bits per heavy atom. The van der Waals surface area contributed by atoms with Crippen LogP contribution in [-0.4, -0.2) is 29.9 Å². The number of aromatic nitrogens is 1. The minimum absolute atomic E-state index is 0.242. The van der Waals surface area contributed by atoms with Crippen molar-refractivity contribution in [3.8, 4) is 0 Å². The van der Waals surface area contributed by atoms with Gasteiger partial charge in [-0.25, -0.2) is 9.79 Å². The van der Waals surface area contributed by atoms with Gasteiger partial charge in [0.1, 0.15) is 0 Å². The highest BCUT2D eigenvalue weighted by atomic mass is 16.5. The number of nitrogens with one attached hydrogen (secondary N) is 2. The third kappa shape index (κ3) is 5.74. The zero-order valence-corrected chi connectivity index (χ0v) is 15.8. The highest BCUT2D eigenvalue weighted by Gasteiger charge is 2.11. The number of aliphatic imine (C=N–C) groups is 1. The summed E-state index contributed by atoms with van der Waals surface area (Å²) in [5.74, 6) is -0.512. The van der Waals surface area contributed by atoms with Crippen LogP contribution in [0.4, 0.5) is 5.69 Å². The first-order valence-corrected chi connectivity index (χ1v) is 8.92. The van der Waals surface area contributed by atoms with Gasteiger partial charge in [-0.15, -0.1) is 0 Å². The molecule has 0 saturated heterocycles. The molecule has 2 N–H and O–H groups in total. The van der Waals surface area contributed by atoms with Crippen molar-refractivity contribution in [1.29, 1.82) is 0 Å². The molecule has 7 heteroatoms. The van der Waals surface area contributed by atoms with Gasteiger partial charge in [-0.1, -0.05) is 30.3 Å². The topological polar surface area (TPSA) is 92.7 Å². The second kappa shape index (κ2) is 9.80. The third-order valence-electron chi connectivity index (χ3n) is 3.94. The second-order valence-electron chi connectivity index (χ2n) is 6.00. The summed E-state index contributed by atoms with van der Waals surface area (Å²) in [6.45, 7) is 0.273. The van der Waals surface area contributed by atoms with E-state index in [1.807, 2.05) is 24.3 Å². The van der Waals surface area contributed by atoms with Crippen LogP contribution in [0.25, 0.3) is 0 Å². The number of carbonyl (C=O) groups excluding carboxylic acids is 2. The summed E-state index contributed by atoms with van der Waals surface area (Å²) in [5.41, 5.74) is 2.23. The molecule has 1 aromatic heterocycles. The first kappa shape index (κ1) is 19.8. The van der Waals surface area contributed by atoms with Crippen LogP contribution in [0, 0.1) is 0 Å². The number of carbonyl (C=O) groups is 2. The van der Waals surface area contributed by atoms with Crippen LogP contribution in [-0.2, 0) is 11.3 Å². The standard InChI is InChI=1S/C22H20N4O3/c1-29-21(28)17-10-7-12-18(14-17)25-22(24-15-19-11-5-6-13-23-19)26-20(27)16-8-3-2-4-9-16/h2-14H,15H2,1H3,(H2,24,25,26,27). The Hall–Kier alpha value is -4.00. The molecule has 0 aliphatic heterocycles. The fourth-order valence-corrected chi connectivity index (χ4v) is 2.51. The van der Waals surface area contributed by atoms with Crippen LogP contribution in [0.15, 0.2) is 84.0 Å². The fraction of sp³-hybridized carbons (Fsp3) is 0.0909. The quantitative estimate of drug-likeness (QED) is 0.398. The Labute approximate surface area is 168 Å². The van der Waals surface area contributed by atoms with Gasteiger partial charge in [0.25, 0.3) is 5.91 Å². The van der Waals surface area contributed by atoms with Crippen LogP contribution < -0.4 is 10.6 Å². The first-order valence-electron chi connectivity index (χ1n) is 8.92. The van der Waals surface area contributed by atoms with Crippen LogP contribution >= 0.6 is 0 Å². The van der Waals surface area contributed by atoms with E-state index in [0.717, 1.165) is 5.69 Å².